The lowest BCUT2D eigenvalue weighted by atomic mass is 10.2. The van der Waals surface area contributed by atoms with E-state index in [0.717, 1.165) is 20.4 Å². The molecule has 0 unspecified atom stereocenters. The first kappa shape index (κ1) is 14.1. The third-order valence-electron chi connectivity index (χ3n) is 2.53. The second-order valence-corrected chi connectivity index (χ2v) is 5.52. The molecule has 0 aliphatic rings. The number of hydrogen-bond donors (Lipinski definition) is 1. The summed E-state index contributed by atoms with van der Waals surface area (Å²) in [5, 5.41) is 2.83. The van der Waals surface area contributed by atoms with Crippen molar-refractivity contribution in [3.63, 3.8) is 0 Å². The van der Waals surface area contributed by atoms with Crippen molar-refractivity contribution < 1.29 is 9.53 Å². The smallest absolute Gasteiger partial charge is 0.255 e. The monoisotopic (exact) mass is 383 g/mol. The Kier molecular flexibility index (Phi) is 4.61. The lowest BCUT2D eigenvalue weighted by molar-refractivity contribution is 0.102. The standard InChI is InChI=1S/C14H11Br2NO2/c1-19-11-5-2-9(3-6-11)14(18)17-10-4-7-12(15)13(16)8-10/h2-8H,1H3,(H,17,18). The molecule has 3 nitrogen and oxygen atoms in total. The zero-order valence-corrected chi connectivity index (χ0v) is 13.3. The van der Waals surface area contributed by atoms with Gasteiger partial charge in [0.2, 0.25) is 0 Å². The Morgan fingerprint density at radius 2 is 1.74 bits per heavy atom. The van der Waals surface area contributed by atoms with Gasteiger partial charge >= 0.3 is 0 Å². The van der Waals surface area contributed by atoms with Gasteiger partial charge in [-0.2, -0.15) is 0 Å². The number of halogens is 2. The number of carbonyl (C=O) groups excluding carboxylic acids is 1. The highest BCUT2D eigenvalue weighted by atomic mass is 79.9. The van der Waals surface area contributed by atoms with Crippen molar-refractivity contribution in [2.45, 2.75) is 0 Å². The number of benzene rings is 2. The average molecular weight is 385 g/mol. The van der Waals surface area contributed by atoms with Crippen LogP contribution in [0.3, 0.4) is 0 Å². The molecule has 0 saturated heterocycles. The Bertz CT molecular complexity index is 597. The van der Waals surface area contributed by atoms with Crippen LogP contribution in [0.15, 0.2) is 51.4 Å². The molecule has 0 aromatic heterocycles. The number of anilines is 1. The molecular formula is C14H11Br2NO2. The molecule has 98 valence electrons. The van der Waals surface area contributed by atoms with Gasteiger partial charge in [-0.15, -0.1) is 0 Å². The first-order chi connectivity index (χ1) is 9.10. The van der Waals surface area contributed by atoms with E-state index < -0.39 is 0 Å². The molecule has 2 aromatic rings. The summed E-state index contributed by atoms with van der Waals surface area (Å²) < 4.78 is 6.88. The van der Waals surface area contributed by atoms with E-state index in [1.165, 1.54) is 0 Å². The van der Waals surface area contributed by atoms with Gasteiger partial charge in [-0.3, -0.25) is 4.79 Å². The first-order valence-electron chi connectivity index (χ1n) is 5.50. The van der Waals surface area contributed by atoms with Crippen LogP contribution in [0.2, 0.25) is 0 Å². The average Bonchev–Trinajstić information content (AvgIpc) is 2.43. The second kappa shape index (κ2) is 6.21. The Morgan fingerprint density at radius 3 is 2.32 bits per heavy atom. The predicted octanol–water partition coefficient (Wildman–Crippen LogP) is 4.47. The van der Waals surface area contributed by atoms with Gasteiger partial charge in [0.15, 0.2) is 0 Å². The number of hydrogen-bond acceptors (Lipinski definition) is 2. The molecule has 0 radical (unpaired) electrons. The molecule has 0 spiro atoms. The van der Waals surface area contributed by atoms with Crippen LogP contribution in [0.25, 0.3) is 0 Å². The zero-order chi connectivity index (χ0) is 13.8. The fourth-order valence-corrected chi connectivity index (χ4v) is 2.14. The third-order valence-corrected chi connectivity index (χ3v) is 4.41. The minimum atomic E-state index is -0.156. The van der Waals surface area contributed by atoms with Gasteiger partial charge in [0, 0.05) is 20.2 Å². The quantitative estimate of drug-likeness (QED) is 0.847. The molecule has 0 aliphatic carbocycles. The largest absolute Gasteiger partial charge is 0.497 e. The van der Waals surface area contributed by atoms with E-state index in [4.69, 9.17) is 4.74 Å². The molecule has 0 saturated carbocycles. The van der Waals surface area contributed by atoms with Gasteiger partial charge in [0.25, 0.3) is 5.91 Å². The number of ether oxygens (including phenoxy) is 1. The highest BCUT2D eigenvalue weighted by molar-refractivity contribution is 9.13. The van der Waals surface area contributed by atoms with Crippen molar-refractivity contribution in [1.29, 1.82) is 0 Å². The van der Waals surface area contributed by atoms with Crippen molar-refractivity contribution in [2.75, 3.05) is 12.4 Å². The molecule has 5 heteroatoms. The molecular weight excluding hydrogens is 374 g/mol. The Morgan fingerprint density at radius 1 is 1.05 bits per heavy atom. The van der Waals surface area contributed by atoms with Crippen LogP contribution in [-0.2, 0) is 0 Å². The first-order valence-corrected chi connectivity index (χ1v) is 7.09. The van der Waals surface area contributed by atoms with E-state index >= 15 is 0 Å². The van der Waals surface area contributed by atoms with E-state index in [9.17, 15) is 4.79 Å². The van der Waals surface area contributed by atoms with Crippen LogP contribution in [0.4, 0.5) is 5.69 Å². The normalized spacial score (nSPS) is 10.1. The van der Waals surface area contributed by atoms with Crippen LogP contribution < -0.4 is 10.1 Å². The zero-order valence-electron chi connectivity index (χ0n) is 10.1. The van der Waals surface area contributed by atoms with E-state index in [1.807, 2.05) is 18.2 Å². The molecule has 1 N–H and O–H groups in total. The molecule has 1 amide bonds. The SMILES string of the molecule is COc1ccc(C(=O)Nc2ccc(Br)c(Br)c2)cc1. The van der Waals surface area contributed by atoms with Gasteiger partial charge in [-0.05, 0) is 74.3 Å². The second-order valence-electron chi connectivity index (χ2n) is 3.81. The van der Waals surface area contributed by atoms with Crippen molar-refractivity contribution in [2.24, 2.45) is 0 Å². The van der Waals surface area contributed by atoms with Crippen LogP contribution >= 0.6 is 31.9 Å². The van der Waals surface area contributed by atoms with E-state index in [-0.39, 0.29) is 5.91 Å². The fourth-order valence-electron chi connectivity index (χ4n) is 1.52. The van der Waals surface area contributed by atoms with Gasteiger partial charge in [-0.25, -0.2) is 0 Å². The molecule has 0 aliphatic heterocycles. The molecule has 0 heterocycles. The molecule has 2 aromatic carbocycles. The minimum absolute atomic E-state index is 0.156. The lowest BCUT2D eigenvalue weighted by Crippen LogP contribution is -2.11. The molecule has 0 fully saturated rings. The number of amides is 1. The third kappa shape index (κ3) is 3.58. The van der Waals surface area contributed by atoms with Crippen molar-refractivity contribution in [1.82, 2.24) is 0 Å². The summed E-state index contributed by atoms with van der Waals surface area (Å²) in [5.74, 6) is 0.569. The fraction of sp³-hybridized carbons (Fsp3) is 0.0714. The maximum atomic E-state index is 12.0. The summed E-state index contributed by atoms with van der Waals surface area (Å²) in [6.07, 6.45) is 0. The number of carbonyl (C=O) groups is 1. The molecule has 19 heavy (non-hydrogen) atoms. The van der Waals surface area contributed by atoms with Crippen LogP contribution in [0.1, 0.15) is 10.4 Å². The predicted molar refractivity (Wildman–Crippen MR) is 82.8 cm³/mol. The van der Waals surface area contributed by atoms with Crippen LogP contribution in [-0.4, -0.2) is 13.0 Å². The summed E-state index contributed by atoms with van der Waals surface area (Å²) in [6.45, 7) is 0. The summed E-state index contributed by atoms with van der Waals surface area (Å²) in [5.41, 5.74) is 1.32. The van der Waals surface area contributed by atoms with E-state index in [2.05, 4.69) is 37.2 Å². The Balaban J connectivity index is 2.13. The molecule has 0 atom stereocenters. The van der Waals surface area contributed by atoms with Crippen LogP contribution in [0.5, 0.6) is 5.75 Å². The molecule has 2 rings (SSSR count). The molecule has 0 bridgehead atoms. The van der Waals surface area contributed by atoms with Crippen molar-refractivity contribution in [3.8, 4) is 5.75 Å². The van der Waals surface area contributed by atoms with Gasteiger partial charge < -0.3 is 10.1 Å². The van der Waals surface area contributed by atoms with Crippen molar-refractivity contribution in [3.05, 3.63) is 57.0 Å². The Hall–Kier alpha value is -1.33. The minimum Gasteiger partial charge on any atom is -0.497 e. The maximum Gasteiger partial charge on any atom is 0.255 e. The highest BCUT2D eigenvalue weighted by Gasteiger charge is 2.07. The summed E-state index contributed by atoms with van der Waals surface area (Å²) in [7, 11) is 1.59. The van der Waals surface area contributed by atoms with Gasteiger partial charge in [0.1, 0.15) is 5.75 Å². The lowest BCUT2D eigenvalue weighted by Gasteiger charge is -2.07. The van der Waals surface area contributed by atoms with Gasteiger partial charge in [0.05, 0.1) is 7.11 Å². The van der Waals surface area contributed by atoms with E-state index in [0.29, 0.717) is 5.56 Å². The summed E-state index contributed by atoms with van der Waals surface area (Å²) >= 11 is 6.78. The van der Waals surface area contributed by atoms with Crippen molar-refractivity contribution >= 4 is 43.5 Å². The maximum absolute atomic E-state index is 12.0. The number of rotatable bonds is 3. The number of methoxy groups -OCH3 is 1. The Labute approximate surface area is 128 Å². The number of nitrogens with one attached hydrogen (secondary N) is 1. The highest BCUT2D eigenvalue weighted by Crippen LogP contribution is 2.26. The summed E-state index contributed by atoms with van der Waals surface area (Å²) in [4.78, 5) is 12.0. The summed E-state index contributed by atoms with van der Waals surface area (Å²) in [6, 6.07) is 12.5. The van der Waals surface area contributed by atoms with Gasteiger partial charge in [-0.1, -0.05) is 0 Å². The van der Waals surface area contributed by atoms with Crippen LogP contribution in [0, 0.1) is 0 Å². The van der Waals surface area contributed by atoms with E-state index in [1.54, 1.807) is 31.4 Å². The topological polar surface area (TPSA) is 38.3 Å².